The van der Waals surface area contributed by atoms with Crippen molar-refractivity contribution >= 4 is 29.1 Å². The molecule has 1 saturated heterocycles. The third-order valence-electron chi connectivity index (χ3n) is 8.70. The van der Waals surface area contributed by atoms with Crippen molar-refractivity contribution in [1.29, 1.82) is 0 Å². The number of nitrogens with one attached hydrogen (secondary N) is 2. The summed E-state index contributed by atoms with van der Waals surface area (Å²) in [7, 11) is 0. The Labute approximate surface area is 188 Å². The number of hydrogen-bond donors (Lipinski definition) is 2. The molecule has 2 N–H and O–H groups in total. The van der Waals surface area contributed by atoms with Gasteiger partial charge in [-0.15, -0.1) is 0 Å². The SMILES string of the molecule is CCC1([C@H]2NC(=O)C[C@@H](C3C=C(Cl)C=CC3)[C@]23C(=O)Nc2cc(C4CC4)ccc23)CC1. The lowest BCUT2D eigenvalue weighted by Crippen LogP contribution is -2.67. The summed E-state index contributed by atoms with van der Waals surface area (Å²) in [5, 5.41) is 7.30. The van der Waals surface area contributed by atoms with Crippen LogP contribution in [0.4, 0.5) is 5.69 Å². The molecule has 31 heavy (non-hydrogen) atoms. The summed E-state index contributed by atoms with van der Waals surface area (Å²) >= 11 is 6.40. The summed E-state index contributed by atoms with van der Waals surface area (Å²) in [5.74, 6) is 0.715. The maximum atomic E-state index is 14.0. The molecule has 4 atom stereocenters. The molecule has 162 valence electrons. The quantitative estimate of drug-likeness (QED) is 0.685. The Bertz CT molecular complexity index is 1040. The molecule has 1 aromatic rings. The second kappa shape index (κ2) is 6.71. The number of fused-ring (bicyclic) bond motifs is 2. The number of carbonyl (C=O) groups excluding carboxylic acids is 2. The zero-order chi connectivity index (χ0) is 21.4. The first-order chi connectivity index (χ1) is 15.0. The number of piperidine rings is 1. The second-order valence-corrected chi connectivity index (χ2v) is 10.7. The first-order valence-corrected chi connectivity index (χ1v) is 12.1. The second-order valence-electron chi connectivity index (χ2n) is 10.3. The first-order valence-electron chi connectivity index (χ1n) is 11.8. The van der Waals surface area contributed by atoms with Gasteiger partial charge in [0.2, 0.25) is 11.8 Å². The third-order valence-corrected chi connectivity index (χ3v) is 8.95. The average Bonchev–Trinajstić information content (AvgIpc) is 3.68. The molecule has 2 amide bonds. The summed E-state index contributed by atoms with van der Waals surface area (Å²) in [6, 6.07) is 6.42. The van der Waals surface area contributed by atoms with Gasteiger partial charge in [0.1, 0.15) is 5.41 Å². The van der Waals surface area contributed by atoms with Gasteiger partial charge in [0.25, 0.3) is 0 Å². The van der Waals surface area contributed by atoms with Crippen molar-refractivity contribution in [2.24, 2.45) is 17.3 Å². The van der Waals surface area contributed by atoms with Crippen molar-refractivity contribution < 1.29 is 9.59 Å². The van der Waals surface area contributed by atoms with Crippen LogP contribution in [0.5, 0.6) is 0 Å². The van der Waals surface area contributed by atoms with Crippen molar-refractivity contribution in [2.75, 3.05) is 5.32 Å². The predicted molar refractivity (Wildman–Crippen MR) is 122 cm³/mol. The molecular weight excluding hydrogens is 408 g/mol. The van der Waals surface area contributed by atoms with Crippen LogP contribution in [0.1, 0.15) is 68.9 Å². The van der Waals surface area contributed by atoms with Gasteiger partial charge in [-0.05, 0) is 85.0 Å². The summed E-state index contributed by atoms with van der Waals surface area (Å²) in [6.07, 6.45) is 12.8. The smallest absolute Gasteiger partial charge is 0.237 e. The Kier molecular flexibility index (Phi) is 4.25. The zero-order valence-corrected chi connectivity index (χ0v) is 18.7. The molecule has 2 saturated carbocycles. The van der Waals surface area contributed by atoms with Gasteiger partial charge in [-0.1, -0.05) is 42.8 Å². The first kappa shape index (κ1) is 19.6. The molecule has 1 spiro atoms. The number of carbonyl (C=O) groups is 2. The van der Waals surface area contributed by atoms with E-state index in [-0.39, 0.29) is 35.1 Å². The van der Waals surface area contributed by atoms with E-state index in [1.165, 1.54) is 18.4 Å². The minimum Gasteiger partial charge on any atom is -0.351 e. The van der Waals surface area contributed by atoms with Crippen molar-refractivity contribution in [3.63, 3.8) is 0 Å². The molecule has 0 radical (unpaired) electrons. The van der Waals surface area contributed by atoms with Gasteiger partial charge < -0.3 is 10.6 Å². The summed E-state index contributed by atoms with van der Waals surface area (Å²) in [5.41, 5.74) is 2.61. The van der Waals surface area contributed by atoms with E-state index in [0.29, 0.717) is 17.4 Å². The Morgan fingerprint density at radius 2 is 2.00 bits per heavy atom. The van der Waals surface area contributed by atoms with E-state index in [0.717, 1.165) is 36.9 Å². The molecule has 1 unspecified atom stereocenters. The molecule has 3 fully saturated rings. The number of hydrogen-bond acceptors (Lipinski definition) is 2. The molecule has 2 heterocycles. The van der Waals surface area contributed by atoms with E-state index in [4.69, 9.17) is 11.6 Å². The van der Waals surface area contributed by atoms with E-state index in [1.54, 1.807) is 0 Å². The summed E-state index contributed by atoms with van der Waals surface area (Å²) in [4.78, 5) is 27.0. The molecule has 2 aliphatic heterocycles. The topological polar surface area (TPSA) is 58.2 Å². The minimum atomic E-state index is -0.749. The van der Waals surface area contributed by atoms with Gasteiger partial charge in [-0.2, -0.15) is 0 Å². The molecular formula is C26H29ClN2O2. The minimum absolute atomic E-state index is 0.000455. The predicted octanol–water partition coefficient (Wildman–Crippen LogP) is 5.15. The van der Waals surface area contributed by atoms with Crippen LogP contribution in [0.15, 0.2) is 41.5 Å². The fraction of sp³-hybridized carbons (Fsp3) is 0.538. The van der Waals surface area contributed by atoms with Crippen molar-refractivity contribution in [1.82, 2.24) is 5.32 Å². The van der Waals surface area contributed by atoms with Crippen LogP contribution in [0.3, 0.4) is 0 Å². The Morgan fingerprint density at radius 3 is 2.68 bits per heavy atom. The highest BCUT2D eigenvalue weighted by Gasteiger charge is 2.68. The van der Waals surface area contributed by atoms with Crippen LogP contribution in [0.2, 0.25) is 0 Å². The lowest BCUT2D eigenvalue weighted by atomic mass is 9.55. The van der Waals surface area contributed by atoms with Crippen LogP contribution in [-0.2, 0) is 15.0 Å². The summed E-state index contributed by atoms with van der Waals surface area (Å²) < 4.78 is 0. The van der Waals surface area contributed by atoms with Crippen molar-refractivity contribution in [3.8, 4) is 0 Å². The molecule has 5 aliphatic rings. The highest BCUT2D eigenvalue weighted by molar-refractivity contribution is 6.31. The maximum absolute atomic E-state index is 14.0. The van der Waals surface area contributed by atoms with E-state index >= 15 is 0 Å². The number of amides is 2. The van der Waals surface area contributed by atoms with E-state index < -0.39 is 5.41 Å². The van der Waals surface area contributed by atoms with Crippen LogP contribution in [-0.4, -0.2) is 17.9 Å². The molecule has 6 rings (SSSR count). The average molecular weight is 437 g/mol. The highest BCUT2D eigenvalue weighted by atomic mass is 35.5. The Hall–Kier alpha value is -2.07. The van der Waals surface area contributed by atoms with Gasteiger partial charge in [0.15, 0.2) is 0 Å². The van der Waals surface area contributed by atoms with Crippen molar-refractivity contribution in [2.45, 2.75) is 69.2 Å². The van der Waals surface area contributed by atoms with E-state index in [1.807, 2.05) is 6.08 Å². The lowest BCUT2D eigenvalue weighted by Gasteiger charge is -2.51. The molecule has 0 bridgehead atoms. The van der Waals surface area contributed by atoms with Gasteiger partial charge in [0, 0.05) is 17.1 Å². The summed E-state index contributed by atoms with van der Waals surface area (Å²) in [6.45, 7) is 2.19. The van der Waals surface area contributed by atoms with Gasteiger partial charge >= 0.3 is 0 Å². The number of halogens is 1. The van der Waals surface area contributed by atoms with Gasteiger partial charge in [-0.3, -0.25) is 9.59 Å². The molecule has 0 aromatic heterocycles. The fourth-order valence-corrected chi connectivity index (χ4v) is 6.94. The molecule has 5 heteroatoms. The largest absolute Gasteiger partial charge is 0.351 e. The van der Waals surface area contributed by atoms with Crippen LogP contribution < -0.4 is 10.6 Å². The van der Waals surface area contributed by atoms with Crippen LogP contribution in [0, 0.1) is 17.3 Å². The number of rotatable bonds is 4. The van der Waals surface area contributed by atoms with E-state index in [2.05, 4.69) is 47.9 Å². The van der Waals surface area contributed by atoms with E-state index in [9.17, 15) is 9.59 Å². The Morgan fingerprint density at radius 1 is 1.19 bits per heavy atom. The zero-order valence-electron chi connectivity index (χ0n) is 17.9. The molecule has 4 nitrogen and oxygen atoms in total. The Balaban J connectivity index is 1.54. The highest BCUT2D eigenvalue weighted by Crippen LogP contribution is 2.63. The fourth-order valence-electron chi connectivity index (χ4n) is 6.69. The van der Waals surface area contributed by atoms with Crippen LogP contribution >= 0.6 is 11.6 Å². The maximum Gasteiger partial charge on any atom is 0.237 e. The van der Waals surface area contributed by atoms with Crippen molar-refractivity contribution in [3.05, 3.63) is 52.6 Å². The van der Waals surface area contributed by atoms with Gasteiger partial charge in [0.05, 0.1) is 6.04 Å². The van der Waals surface area contributed by atoms with Gasteiger partial charge in [-0.25, -0.2) is 0 Å². The monoisotopic (exact) mass is 436 g/mol. The third kappa shape index (κ3) is 2.80. The number of benzene rings is 1. The normalized spacial score (nSPS) is 35.4. The lowest BCUT2D eigenvalue weighted by molar-refractivity contribution is -0.137. The van der Waals surface area contributed by atoms with Crippen LogP contribution in [0.25, 0.3) is 0 Å². The number of allylic oxidation sites excluding steroid dienone is 4. The number of anilines is 1. The molecule has 3 aliphatic carbocycles. The molecule has 1 aromatic carbocycles. The standard InChI is InChI=1S/C26H29ClN2O2/c1-2-25(10-11-25)23-26(20(14-22(30)29-23)17-4-3-5-18(27)12-17)19-9-8-16(15-6-7-15)13-21(19)28-24(26)31/h3,5,8-9,12-13,15,17,20,23H,2,4,6-7,10-11,14H2,1H3,(H,28,31)(H,29,30)/t17?,20-,23+,26-/m0/s1.